The molecule has 2 fully saturated rings. The monoisotopic (exact) mass is 324 g/mol. The van der Waals surface area contributed by atoms with Crippen LogP contribution in [0.25, 0.3) is 11.1 Å². The van der Waals surface area contributed by atoms with Crippen LogP contribution in [-0.4, -0.2) is 34.3 Å². The minimum atomic E-state index is -0.452. The Bertz CT molecular complexity index is 727. The summed E-state index contributed by atoms with van der Waals surface area (Å²) in [6.45, 7) is 0. The van der Waals surface area contributed by atoms with Crippen LogP contribution in [0, 0.1) is 0 Å². The Morgan fingerprint density at radius 3 is 2.76 bits per heavy atom. The molecular weight excluding hydrogens is 308 g/mol. The van der Waals surface area contributed by atoms with E-state index >= 15 is 0 Å². The number of rotatable bonds is 2. The summed E-state index contributed by atoms with van der Waals surface area (Å²) in [6, 6.07) is 5.29. The average Bonchev–Trinajstić information content (AvgIpc) is 2.90. The molecule has 2 aromatic rings. The summed E-state index contributed by atoms with van der Waals surface area (Å²) in [5.74, 6) is -0.452. The zero-order valence-electron chi connectivity index (χ0n) is 11.8. The summed E-state index contributed by atoms with van der Waals surface area (Å²) in [5, 5.41) is 1.15. The van der Waals surface area contributed by atoms with Crippen LogP contribution in [0.4, 0.5) is 0 Å². The number of aromatic amines is 1. The minimum Gasteiger partial charge on any atom is -0.406 e. The first-order valence-electron chi connectivity index (χ1n) is 7.31. The lowest BCUT2D eigenvalue weighted by Crippen LogP contribution is -2.40. The first-order valence-corrected chi connectivity index (χ1v) is 8.57. The van der Waals surface area contributed by atoms with Crippen LogP contribution >= 0.6 is 23.4 Å². The van der Waals surface area contributed by atoms with E-state index in [0.717, 1.165) is 4.90 Å². The maximum atomic E-state index is 11.3. The number of benzene rings is 1. The van der Waals surface area contributed by atoms with E-state index in [9.17, 15) is 4.79 Å². The molecule has 4 nitrogen and oxygen atoms in total. The number of hydrogen-bond donors (Lipinski definition) is 1. The van der Waals surface area contributed by atoms with E-state index < -0.39 is 5.76 Å². The normalized spacial score (nSPS) is 29.3. The molecule has 4 rings (SSSR count). The Kier molecular flexibility index (Phi) is 3.32. The van der Waals surface area contributed by atoms with Gasteiger partial charge in [0, 0.05) is 22.2 Å². The molecule has 1 unspecified atom stereocenters. The van der Waals surface area contributed by atoms with Gasteiger partial charge >= 0.3 is 5.76 Å². The topological polar surface area (TPSA) is 49.2 Å². The molecule has 0 amide bonds. The highest BCUT2D eigenvalue weighted by Gasteiger charge is 2.38. The number of halogens is 1. The molecule has 2 aliphatic rings. The zero-order chi connectivity index (χ0) is 14.6. The second kappa shape index (κ2) is 5.07. The third-order valence-electron chi connectivity index (χ3n) is 4.84. The van der Waals surface area contributed by atoms with Crippen LogP contribution < -0.4 is 5.76 Å². The lowest BCUT2D eigenvalue weighted by atomic mass is 10.0. The number of nitrogens with zero attached hydrogens (tertiary/aromatic N) is 1. The summed E-state index contributed by atoms with van der Waals surface area (Å²) in [5.41, 5.74) is 1.14. The van der Waals surface area contributed by atoms with E-state index in [0.29, 0.717) is 33.5 Å². The van der Waals surface area contributed by atoms with E-state index in [-0.39, 0.29) is 0 Å². The van der Waals surface area contributed by atoms with Crippen molar-refractivity contribution in [3.05, 3.63) is 27.7 Å². The molecule has 0 radical (unpaired) electrons. The van der Waals surface area contributed by atoms with E-state index in [2.05, 4.69) is 16.9 Å². The van der Waals surface area contributed by atoms with Gasteiger partial charge in [-0.05, 0) is 44.9 Å². The van der Waals surface area contributed by atoms with Crippen LogP contribution in [0.1, 0.15) is 25.7 Å². The van der Waals surface area contributed by atoms with Gasteiger partial charge in [-0.3, -0.25) is 4.98 Å². The molecule has 2 bridgehead atoms. The van der Waals surface area contributed by atoms with Crippen molar-refractivity contribution in [2.45, 2.75) is 47.9 Å². The maximum absolute atomic E-state index is 11.3. The molecular formula is C15H17ClN2O2S. The van der Waals surface area contributed by atoms with Crippen molar-refractivity contribution in [3.63, 3.8) is 0 Å². The lowest BCUT2D eigenvalue weighted by Gasteiger charge is -2.36. The first kappa shape index (κ1) is 13.7. The molecule has 21 heavy (non-hydrogen) atoms. The zero-order valence-corrected chi connectivity index (χ0v) is 13.3. The average molecular weight is 325 g/mol. The highest BCUT2D eigenvalue weighted by atomic mass is 35.5. The summed E-state index contributed by atoms with van der Waals surface area (Å²) in [4.78, 5) is 17.5. The summed E-state index contributed by atoms with van der Waals surface area (Å²) in [7, 11) is 2.25. The van der Waals surface area contributed by atoms with Crippen LogP contribution in [0.3, 0.4) is 0 Å². The molecule has 3 atom stereocenters. The van der Waals surface area contributed by atoms with E-state index in [4.69, 9.17) is 16.0 Å². The fourth-order valence-corrected chi connectivity index (χ4v) is 5.37. The Hall–Kier alpha value is -0.910. The van der Waals surface area contributed by atoms with Gasteiger partial charge in [0.2, 0.25) is 0 Å². The summed E-state index contributed by atoms with van der Waals surface area (Å²) in [6.07, 6.45) is 5.06. The van der Waals surface area contributed by atoms with Gasteiger partial charge in [0.25, 0.3) is 0 Å². The van der Waals surface area contributed by atoms with Gasteiger partial charge < -0.3 is 9.32 Å². The Balaban J connectivity index is 1.60. The predicted molar refractivity (Wildman–Crippen MR) is 85.3 cm³/mol. The van der Waals surface area contributed by atoms with Crippen molar-refractivity contribution < 1.29 is 4.42 Å². The van der Waals surface area contributed by atoms with Crippen molar-refractivity contribution in [1.82, 2.24) is 9.88 Å². The van der Waals surface area contributed by atoms with Gasteiger partial charge in [0.05, 0.1) is 10.5 Å². The van der Waals surface area contributed by atoms with Crippen LogP contribution in [0.15, 0.2) is 26.2 Å². The summed E-state index contributed by atoms with van der Waals surface area (Å²) >= 11 is 8.24. The van der Waals surface area contributed by atoms with Gasteiger partial charge in [-0.25, -0.2) is 4.79 Å². The molecule has 112 valence electrons. The van der Waals surface area contributed by atoms with Crippen LogP contribution in [0.2, 0.25) is 5.02 Å². The SMILES string of the molecule is CN1[C@@H]2CC[C@H]1CC(Sc1ccc3[nH]c(=O)oc3c1Cl)C2. The molecule has 6 heteroatoms. The van der Waals surface area contributed by atoms with Gasteiger partial charge in [0.1, 0.15) is 0 Å². The Labute approximate surface area is 131 Å². The third-order valence-corrected chi connectivity index (χ3v) is 6.64. The van der Waals surface area contributed by atoms with Crippen molar-refractivity contribution in [3.8, 4) is 0 Å². The van der Waals surface area contributed by atoms with E-state index in [1.165, 1.54) is 25.7 Å². The number of fused-ring (bicyclic) bond motifs is 3. The predicted octanol–water partition coefficient (Wildman–Crippen LogP) is 3.49. The second-order valence-corrected chi connectivity index (χ2v) is 7.75. The van der Waals surface area contributed by atoms with Gasteiger partial charge in [-0.1, -0.05) is 11.6 Å². The molecule has 0 aliphatic carbocycles. The van der Waals surface area contributed by atoms with Gasteiger partial charge in [-0.15, -0.1) is 11.8 Å². The number of piperidine rings is 1. The van der Waals surface area contributed by atoms with E-state index in [1.807, 2.05) is 23.9 Å². The molecule has 1 N–H and O–H groups in total. The number of hydrogen-bond acceptors (Lipinski definition) is 4. The van der Waals surface area contributed by atoms with Crippen molar-refractivity contribution in [1.29, 1.82) is 0 Å². The third kappa shape index (κ3) is 2.31. The molecule has 0 saturated carbocycles. The van der Waals surface area contributed by atoms with Crippen LogP contribution in [-0.2, 0) is 0 Å². The molecule has 2 aliphatic heterocycles. The number of nitrogens with one attached hydrogen (secondary N) is 1. The number of aromatic nitrogens is 1. The molecule has 2 saturated heterocycles. The second-order valence-electron chi connectivity index (χ2n) is 6.03. The standard InChI is InChI=1S/C15H17ClN2O2S/c1-18-8-2-3-9(18)7-10(6-8)21-12-5-4-11-14(13(12)16)20-15(19)17-11/h4-5,8-10H,2-3,6-7H2,1H3,(H,17,19)/t8-,9+,10?. The number of thioether (sulfide) groups is 1. The molecule has 0 spiro atoms. The quantitative estimate of drug-likeness (QED) is 0.918. The highest BCUT2D eigenvalue weighted by Crippen LogP contribution is 2.43. The van der Waals surface area contributed by atoms with Crippen molar-refractivity contribution >= 4 is 34.5 Å². The van der Waals surface area contributed by atoms with Crippen LogP contribution in [0.5, 0.6) is 0 Å². The first-order chi connectivity index (χ1) is 10.1. The molecule has 3 heterocycles. The highest BCUT2D eigenvalue weighted by molar-refractivity contribution is 8.00. The fourth-order valence-electron chi connectivity index (χ4n) is 3.69. The lowest BCUT2D eigenvalue weighted by molar-refractivity contribution is 0.183. The Morgan fingerprint density at radius 2 is 2.05 bits per heavy atom. The molecule has 1 aromatic heterocycles. The summed E-state index contributed by atoms with van der Waals surface area (Å²) < 4.78 is 5.14. The minimum absolute atomic E-state index is 0.452. The van der Waals surface area contributed by atoms with Gasteiger partial charge in [-0.2, -0.15) is 0 Å². The number of H-pyrrole nitrogens is 1. The van der Waals surface area contributed by atoms with Gasteiger partial charge in [0.15, 0.2) is 5.58 Å². The fraction of sp³-hybridized carbons (Fsp3) is 0.533. The number of oxazole rings is 1. The van der Waals surface area contributed by atoms with Crippen molar-refractivity contribution in [2.75, 3.05) is 7.05 Å². The molecule has 1 aromatic carbocycles. The van der Waals surface area contributed by atoms with Crippen molar-refractivity contribution in [2.24, 2.45) is 0 Å². The van der Waals surface area contributed by atoms with E-state index in [1.54, 1.807) is 0 Å². The smallest absolute Gasteiger partial charge is 0.406 e. The Morgan fingerprint density at radius 1 is 1.33 bits per heavy atom. The maximum Gasteiger partial charge on any atom is 0.417 e. The largest absolute Gasteiger partial charge is 0.417 e.